The minimum absolute atomic E-state index is 0.00239. The van der Waals surface area contributed by atoms with E-state index in [9.17, 15) is 4.79 Å². The molecule has 0 bridgehead atoms. The van der Waals surface area contributed by atoms with Crippen molar-refractivity contribution in [2.24, 2.45) is 11.7 Å². The van der Waals surface area contributed by atoms with Crippen LogP contribution in [0.5, 0.6) is 0 Å². The molecule has 1 fully saturated rings. The van der Waals surface area contributed by atoms with Gasteiger partial charge in [0.1, 0.15) is 0 Å². The Balaban J connectivity index is 1.74. The van der Waals surface area contributed by atoms with Crippen LogP contribution < -0.4 is 11.1 Å². The fourth-order valence-electron chi connectivity index (χ4n) is 2.98. The Labute approximate surface area is 129 Å². The summed E-state index contributed by atoms with van der Waals surface area (Å²) in [5, 5.41) is 4.21. The zero-order valence-corrected chi connectivity index (χ0v) is 12.5. The van der Waals surface area contributed by atoms with Gasteiger partial charge in [-0.25, -0.2) is 0 Å². The number of para-hydroxylation sites is 1. The summed E-state index contributed by atoms with van der Waals surface area (Å²) in [6, 6.07) is 10.2. The Bertz CT molecular complexity index is 654. The SMILES string of the molecule is NCCC(=O)N[C@H]1COC[C@H]1Cc1ccnc2ccccc12. The van der Waals surface area contributed by atoms with Gasteiger partial charge in [0.2, 0.25) is 5.91 Å². The fraction of sp³-hybridized carbons (Fsp3) is 0.412. The highest BCUT2D eigenvalue weighted by Gasteiger charge is 2.29. The number of nitrogens with one attached hydrogen (secondary N) is 1. The summed E-state index contributed by atoms with van der Waals surface area (Å²) in [5.74, 6) is 0.287. The molecule has 2 aromatic rings. The van der Waals surface area contributed by atoms with Crippen molar-refractivity contribution in [2.45, 2.75) is 18.9 Å². The first-order valence-electron chi connectivity index (χ1n) is 7.67. The zero-order valence-electron chi connectivity index (χ0n) is 12.5. The maximum Gasteiger partial charge on any atom is 0.221 e. The Morgan fingerprint density at radius 2 is 2.18 bits per heavy atom. The highest BCUT2D eigenvalue weighted by atomic mass is 16.5. The molecule has 1 aliphatic rings. The topological polar surface area (TPSA) is 77.2 Å². The predicted molar refractivity (Wildman–Crippen MR) is 85.4 cm³/mol. The summed E-state index contributed by atoms with van der Waals surface area (Å²) in [5.41, 5.74) is 7.68. The van der Waals surface area contributed by atoms with Crippen molar-refractivity contribution in [3.8, 4) is 0 Å². The second kappa shape index (κ2) is 6.85. The van der Waals surface area contributed by atoms with Gasteiger partial charge >= 0.3 is 0 Å². The van der Waals surface area contributed by atoms with E-state index < -0.39 is 0 Å². The number of aromatic nitrogens is 1. The minimum atomic E-state index is 0.00239. The van der Waals surface area contributed by atoms with E-state index in [2.05, 4.69) is 22.4 Å². The molecule has 3 rings (SSSR count). The molecule has 116 valence electrons. The summed E-state index contributed by atoms with van der Waals surface area (Å²) in [6.45, 7) is 1.62. The molecular weight excluding hydrogens is 278 g/mol. The smallest absolute Gasteiger partial charge is 0.221 e. The molecule has 1 aliphatic heterocycles. The predicted octanol–water partition coefficient (Wildman–Crippen LogP) is 1.26. The van der Waals surface area contributed by atoms with Crippen LogP contribution in [0.4, 0.5) is 0 Å². The maximum absolute atomic E-state index is 11.8. The molecule has 0 aliphatic carbocycles. The lowest BCUT2D eigenvalue weighted by Gasteiger charge is -2.19. The maximum atomic E-state index is 11.8. The Morgan fingerprint density at radius 3 is 3.05 bits per heavy atom. The monoisotopic (exact) mass is 299 g/mol. The van der Waals surface area contributed by atoms with Gasteiger partial charge in [-0.1, -0.05) is 18.2 Å². The van der Waals surface area contributed by atoms with E-state index in [4.69, 9.17) is 10.5 Å². The second-order valence-corrected chi connectivity index (χ2v) is 5.70. The van der Waals surface area contributed by atoms with E-state index in [-0.39, 0.29) is 17.9 Å². The first-order valence-corrected chi connectivity index (χ1v) is 7.67. The van der Waals surface area contributed by atoms with Crippen LogP contribution in [0.15, 0.2) is 36.5 Å². The van der Waals surface area contributed by atoms with Crippen molar-refractivity contribution in [1.29, 1.82) is 0 Å². The van der Waals surface area contributed by atoms with Crippen molar-refractivity contribution in [2.75, 3.05) is 19.8 Å². The number of ether oxygens (including phenoxy) is 1. The number of amides is 1. The van der Waals surface area contributed by atoms with Crippen LogP contribution in [-0.2, 0) is 16.0 Å². The van der Waals surface area contributed by atoms with Gasteiger partial charge in [-0.15, -0.1) is 0 Å². The van der Waals surface area contributed by atoms with Crippen LogP contribution in [0.25, 0.3) is 10.9 Å². The lowest BCUT2D eigenvalue weighted by Crippen LogP contribution is -2.41. The molecule has 0 unspecified atom stereocenters. The van der Waals surface area contributed by atoms with E-state index in [0.29, 0.717) is 26.2 Å². The lowest BCUT2D eigenvalue weighted by molar-refractivity contribution is -0.121. The highest BCUT2D eigenvalue weighted by molar-refractivity contribution is 5.81. The number of rotatable bonds is 5. The van der Waals surface area contributed by atoms with Crippen molar-refractivity contribution in [3.63, 3.8) is 0 Å². The molecule has 0 radical (unpaired) electrons. The van der Waals surface area contributed by atoms with E-state index in [1.165, 1.54) is 10.9 Å². The molecule has 0 spiro atoms. The minimum Gasteiger partial charge on any atom is -0.379 e. The van der Waals surface area contributed by atoms with E-state index in [1.807, 2.05) is 24.4 Å². The molecule has 1 saturated heterocycles. The summed E-state index contributed by atoms with van der Waals surface area (Å²) in [6.07, 6.45) is 3.08. The van der Waals surface area contributed by atoms with Crippen molar-refractivity contribution in [1.82, 2.24) is 10.3 Å². The Hall–Kier alpha value is -1.98. The average molecular weight is 299 g/mol. The summed E-state index contributed by atoms with van der Waals surface area (Å²) >= 11 is 0. The molecule has 3 N–H and O–H groups in total. The average Bonchev–Trinajstić information content (AvgIpc) is 2.95. The lowest BCUT2D eigenvalue weighted by atomic mass is 9.93. The van der Waals surface area contributed by atoms with Crippen molar-refractivity contribution < 1.29 is 9.53 Å². The number of carbonyl (C=O) groups excluding carboxylic acids is 1. The van der Waals surface area contributed by atoms with Gasteiger partial charge in [0.05, 0.1) is 24.8 Å². The third-order valence-corrected chi connectivity index (χ3v) is 4.14. The molecule has 5 heteroatoms. The summed E-state index contributed by atoms with van der Waals surface area (Å²) in [7, 11) is 0. The van der Waals surface area contributed by atoms with Gasteiger partial charge in [0.15, 0.2) is 0 Å². The number of nitrogens with zero attached hydrogens (tertiary/aromatic N) is 1. The quantitative estimate of drug-likeness (QED) is 0.871. The summed E-state index contributed by atoms with van der Waals surface area (Å²) in [4.78, 5) is 16.1. The number of nitrogens with two attached hydrogens (primary N) is 1. The van der Waals surface area contributed by atoms with Crippen LogP contribution in [0.1, 0.15) is 12.0 Å². The van der Waals surface area contributed by atoms with Crippen molar-refractivity contribution >= 4 is 16.8 Å². The molecule has 2 heterocycles. The normalized spacial score (nSPS) is 21.1. The third-order valence-electron chi connectivity index (χ3n) is 4.14. The molecular formula is C17H21N3O2. The largest absolute Gasteiger partial charge is 0.379 e. The number of fused-ring (bicyclic) bond motifs is 1. The van der Waals surface area contributed by atoms with E-state index in [1.54, 1.807) is 0 Å². The zero-order chi connectivity index (χ0) is 15.4. The van der Waals surface area contributed by atoms with E-state index >= 15 is 0 Å². The highest BCUT2D eigenvalue weighted by Crippen LogP contribution is 2.24. The third kappa shape index (κ3) is 3.26. The molecule has 22 heavy (non-hydrogen) atoms. The first-order chi connectivity index (χ1) is 10.8. The van der Waals surface area contributed by atoms with Crippen LogP contribution in [0, 0.1) is 5.92 Å². The molecule has 0 saturated carbocycles. The Morgan fingerprint density at radius 1 is 1.32 bits per heavy atom. The number of pyridine rings is 1. The van der Waals surface area contributed by atoms with Crippen LogP contribution in [-0.4, -0.2) is 36.7 Å². The van der Waals surface area contributed by atoms with Gasteiger partial charge in [-0.2, -0.15) is 0 Å². The van der Waals surface area contributed by atoms with Gasteiger partial charge < -0.3 is 15.8 Å². The van der Waals surface area contributed by atoms with Gasteiger partial charge in [-0.05, 0) is 24.1 Å². The first kappa shape index (κ1) is 14.9. The molecule has 1 aromatic heterocycles. The van der Waals surface area contributed by atoms with E-state index in [0.717, 1.165) is 11.9 Å². The van der Waals surface area contributed by atoms with Crippen LogP contribution >= 0.6 is 0 Å². The standard InChI is InChI=1S/C17H21N3O2/c18-7-5-17(21)20-16-11-22-10-13(16)9-12-6-8-19-15-4-2-1-3-14(12)15/h1-4,6,8,13,16H,5,7,9-11,18H2,(H,20,21)/t13-,16+/m1/s1. The van der Waals surface area contributed by atoms with Gasteiger partial charge in [0, 0.05) is 30.5 Å². The number of benzene rings is 1. The molecule has 5 nitrogen and oxygen atoms in total. The molecule has 2 atom stereocenters. The van der Waals surface area contributed by atoms with Crippen LogP contribution in [0.2, 0.25) is 0 Å². The number of hydrogen-bond donors (Lipinski definition) is 2. The van der Waals surface area contributed by atoms with Crippen LogP contribution in [0.3, 0.4) is 0 Å². The molecule has 1 amide bonds. The Kier molecular flexibility index (Phi) is 4.65. The fourth-order valence-corrected chi connectivity index (χ4v) is 2.98. The second-order valence-electron chi connectivity index (χ2n) is 5.70. The number of carbonyl (C=O) groups is 1. The number of hydrogen-bond acceptors (Lipinski definition) is 4. The van der Waals surface area contributed by atoms with Gasteiger partial charge in [-0.3, -0.25) is 9.78 Å². The molecule has 1 aromatic carbocycles. The van der Waals surface area contributed by atoms with Crippen molar-refractivity contribution in [3.05, 3.63) is 42.1 Å². The summed E-state index contributed by atoms with van der Waals surface area (Å²) < 4.78 is 5.57. The van der Waals surface area contributed by atoms with Gasteiger partial charge in [0.25, 0.3) is 0 Å².